The highest BCUT2D eigenvalue weighted by Gasteiger charge is 2.32. The summed E-state index contributed by atoms with van der Waals surface area (Å²) in [5.74, 6) is 0.175. The molecule has 10 nitrogen and oxygen atoms in total. The maximum absolute atomic E-state index is 13.5. The summed E-state index contributed by atoms with van der Waals surface area (Å²) in [5, 5.41) is 26.1. The van der Waals surface area contributed by atoms with Crippen LogP contribution in [0, 0.1) is 24.1 Å². The van der Waals surface area contributed by atoms with Crippen molar-refractivity contribution in [3.63, 3.8) is 0 Å². The van der Waals surface area contributed by atoms with Gasteiger partial charge in [0.1, 0.15) is 33.9 Å². The summed E-state index contributed by atoms with van der Waals surface area (Å²) in [6.45, 7) is 9.81. The molecule has 4 heterocycles. The molecule has 0 bridgehead atoms. The van der Waals surface area contributed by atoms with Gasteiger partial charge in [-0.05, 0) is 58.0 Å². The molecule has 0 spiro atoms. The topological polar surface area (TPSA) is 114 Å². The predicted octanol–water partition coefficient (Wildman–Crippen LogP) is 4.08. The molecular weight excluding hydrogens is 531 g/mol. The van der Waals surface area contributed by atoms with Crippen molar-refractivity contribution in [3.8, 4) is 17.3 Å². The zero-order valence-corrected chi connectivity index (χ0v) is 24.0. The number of aryl methyl sites for hydroxylation is 2. The van der Waals surface area contributed by atoms with E-state index in [0.717, 1.165) is 22.6 Å². The van der Waals surface area contributed by atoms with E-state index in [2.05, 4.69) is 17.0 Å². The molecule has 1 N–H and O–H groups in total. The first-order valence-electron chi connectivity index (χ1n) is 13.1. The molecule has 0 saturated carbocycles. The van der Waals surface area contributed by atoms with Crippen molar-refractivity contribution in [1.29, 1.82) is 5.26 Å². The summed E-state index contributed by atoms with van der Waals surface area (Å²) in [5.41, 5.74) is 2.18. The van der Waals surface area contributed by atoms with Crippen LogP contribution in [0.2, 0.25) is 0 Å². The zero-order valence-electron chi connectivity index (χ0n) is 23.1. The van der Waals surface area contributed by atoms with Crippen molar-refractivity contribution in [2.75, 3.05) is 43.0 Å². The largest absolute Gasteiger partial charge is 0.381 e. The second-order valence-electron chi connectivity index (χ2n) is 10.3. The number of anilines is 3. The lowest BCUT2D eigenvalue weighted by molar-refractivity contribution is -0.148. The molecule has 3 aromatic heterocycles. The minimum Gasteiger partial charge on any atom is -0.381 e. The lowest BCUT2D eigenvalue weighted by atomic mass is 10.1. The molecule has 1 amide bonds. The molecule has 0 atom stereocenters. The average molecular weight is 563 g/mol. The van der Waals surface area contributed by atoms with Crippen molar-refractivity contribution in [2.24, 2.45) is 0 Å². The number of amides is 1. The Labute approximate surface area is 235 Å². The number of halogens is 1. The molecule has 4 aromatic rings. The van der Waals surface area contributed by atoms with Gasteiger partial charge in [-0.2, -0.15) is 10.4 Å². The second-order valence-corrected chi connectivity index (χ2v) is 11.3. The summed E-state index contributed by atoms with van der Waals surface area (Å²) in [6, 6.07) is 10.3. The van der Waals surface area contributed by atoms with Crippen LogP contribution in [-0.2, 0) is 11.3 Å². The molecule has 0 radical (unpaired) electrons. The SMILES string of the molecule is CCn1nc2nc(C)c(N3CCN(C(=O)C(C)(C)O)CC3)cc2c1N(C)c1nc(-c2ccc(F)cc2)c(C#N)s1. The number of hydrogen-bond donors (Lipinski definition) is 1. The van der Waals surface area contributed by atoms with Gasteiger partial charge >= 0.3 is 0 Å². The van der Waals surface area contributed by atoms with Gasteiger partial charge in [0.25, 0.3) is 5.91 Å². The molecule has 12 heteroatoms. The van der Waals surface area contributed by atoms with Gasteiger partial charge in [-0.25, -0.2) is 19.0 Å². The Balaban J connectivity index is 1.50. The van der Waals surface area contributed by atoms with Crippen LogP contribution in [0.5, 0.6) is 0 Å². The Morgan fingerprint density at radius 2 is 1.88 bits per heavy atom. The predicted molar refractivity (Wildman–Crippen MR) is 153 cm³/mol. The van der Waals surface area contributed by atoms with Crippen LogP contribution in [0.25, 0.3) is 22.3 Å². The third-order valence-corrected chi connectivity index (χ3v) is 8.07. The van der Waals surface area contributed by atoms with E-state index in [1.54, 1.807) is 17.0 Å². The molecule has 5 rings (SSSR count). The Kier molecular flexibility index (Phi) is 7.20. The van der Waals surface area contributed by atoms with Crippen molar-refractivity contribution in [2.45, 2.75) is 39.8 Å². The Hall–Kier alpha value is -4.08. The number of benzene rings is 1. The van der Waals surface area contributed by atoms with E-state index in [1.165, 1.54) is 37.3 Å². The first-order valence-corrected chi connectivity index (χ1v) is 13.9. The molecule has 40 heavy (non-hydrogen) atoms. The van der Waals surface area contributed by atoms with E-state index in [-0.39, 0.29) is 11.7 Å². The van der Waals surface area contributed by atoms with Gasteiger partial charge in [-0.15, -0.1) is 0 Å². The first-order chi connectivity index (χ1) is 19.0. The Morgan fingerprint density at radius 3 is 2.48 bits per heavy atom. The number of thiazole rings is 1. The van der Waals surface area contributed by atoms with E-state index in [4.69, 9.17) is 15.1 Å². The Bertz CT molecular complexity index is 1610. The van der Waals surface area contributed by atoms with Crippen LogP contribution in [-0.4, -0.2) is 74.5 Å². The standard InChI is InChI=1S/C28H31FN8O2S/c1-6-37-25(34(5)27-32-23(22(16-30)40-27)18-7-9-19(29)10-8-18)20-15-21(17(2)31-24(20)33-37)35-11-13-36(14-12-35)26(38)28(3,4)39/h7-10,15,39H,6,11-14H2,1-5H3. The number of rotatable bonds is 6. The second kappa shape index (κ2) is 10.5. The van der Waals surface area contributed by atoms with Crippen LogP contribution in [0.15, 0.2) is 30.3 Å². The van der Waals surface area contributed by atoms with Crippen molar-refractivity contribution in [1.82, 2.24) is 24.6 Å². The van der Waals surface area contributed by atoms with E-state index >= 15 is 0 Å². The number of nitrogens with zero attached hydrogens (tertiary/aromatic N) is 8. The highest BCUT2D eigenvalue weighted by Crippen LogP contribution is 2.39. The molecule has 1 fully saturated rings. The van der Waals surface area contributed by atoms with Crippen LogP contribution >= 0.6 is 11.3 Å². The number of piperazine rings is 1. The number of aromatic nitrogens is 4. The van der Waals surface area contributed by atoms with Gasteiger partial charge in [0, 0.05) is 45.3 Å². The first kappa shape index (κ1) is 27.5. The maximum Gasteiger partial charge on any atom is 0.254 e. The quantitative estimate of drug-likeness (QED) is 0.374. The number of fused-ring (bicyclic) bond motifs is 1. The fourth-order valence-electron chi connectivity index (χ4n) is 4.98. The van der Waals surface area contributed by atoms with Crippen molar-refractivity contribution in [3.05, 3.63) is 46.7 Å². The number of aliphatic hydroxyl groups is 1. The minimum absolute atomic E-state index is 0.272. The van der Waals surface area contributed by atoms with E-state index in [0.29, 0.717) is 59.6 Å². The van der Waals surface area contributed by atoms with Gasteiger partial charge in [0.05, 0.1) is 16.8 Å². The summed E-state index contributed by atoms with van der Waals surface area (Å²) in [6.07, 6.45) is 0. The van der Waals surface area contributed by atoms with Gasteiger partial charge < -0.3 is 19.8 Å². The third kappa shape index (κ3) is 4.98. The van der Waals surface area contributed by atoms with Gasteiger partial charge in [0.15, 0.2) is 10.8 Å². The molecule has 1 saturated heterocycles. The zero-order chi connectivity index (χ0) is 28.8. The Morgan fingerprint density at radius 1 is 1.20 bits per heavy atom. The van der Waals surface area contributed by atoms with E-state index in [1.807, 2.05) is 30.5 Å². The number of hydrogen-bond acceptors (Lipinski definition) is 9. The molecule has 1 aliphatic rings. The molecular formula is C28H31FN8O2S. The lowest BCUT2D eigenvalue weighted by Gasteiger charge is -2.38. The molecule has 0 aliphatic carbocycles. The van der Waals surface area contributed by atoms with Gasteiger partial charge in [-0.3, -0.25) is 4.79 Å². The third-order valence-electron chi connectivity index (χ3n) is 7.04. The van der Waals surface area contributed by atoms with E-state index < -0.39 is 5.60 Å². The van der Waals surface area contributed by atoms with Crippen LogP contribution < -0.4 is 9.80 Å². The summed E-state index contributed by atoms with van der Waals surface area (Å²) >= 11 is 1.26. The van der Waals surface area contributed by atoms with E-state index in [9.17, 15) is 19.6 Å². The van der Waals surface area contributed by atoms with Crippen LogP contribution in [0.3, 0.4) is 0 Å². The smallest absolute Gasteiger partial charge is 0.254 e. The van der Waals surface area contributed by atoms with Crippen LogP contribution in [0.4, 0.5) is 21.0 Å². The minimum atomic E-state index is -1.40. The molecule has 1 aromatic carbocycles. The molecule has 208 valence electrons. The van der Waals surface area contributed by atoms with Gasteiger partial charge in [-0.1, -0.05) is 11.3 Å². The summed E-state index contributed by atoms with van der Waals surface area (Å²) in [4.78, 5) is 28.4. The molecule has 1 aliphatic heterocycles. The number of nitriles is 1. The fourth-order valence-corrected chi connectivity index (χ4v) is 5.83. The number of pyridine rings is 1. The number of carbonyl (C=O) groups is 1. The lowest BCUT2D eigenvalue weighted by Crippen LogP contribution is -2.54. The average Bonchev–Trinajstić information content (AvgIpc) is 3.53. The maximum atomic E-state index is 13.5. The van der Waals surface area contributed by atoms with Crippen LogP contribution in [0.1, 0.15) is 31.3 Å². The highest BCUT2D eigenvalue weighted by molar-refractivity contribution is 7.16. The highest BCUT2D eigenvalue weighted by atomic mass is 32.1. The summed E-state index contributed by atoms with van der Waals surface area (Å²) < 4.78 is 15.4. The van der Waals surface area contributed by atoms with Crippen molar-refractivity contribution >= 4 is 44.9 Å². The molecule has 0 unspecified atom stereocenters. The monoisotopic (exact) mass is 562 g/mol. The number of carbonyl (C=O) groups excluding carboxylic acids is 1. The normalized spacial score (nSPS) is 14.1. The fraction of sp³-hybridized carbons (Fsp3) is 0.393. The summed E-state index contributed by atoms with van der Waals surface area (Å²) in [7, 11) is 1.89. The van der Waals surface area contributed by atoms with Gasteiger partial charge in [0.2, 0.25) is 0 Å². The van der Waals surface area contributed by atoms with Crippen molar-refractivity contribution < 1.29 is 14.3 Å².